The smallest absolute Gasteiger partial charge is 0.254 e. The zero-order valence-corrected chi connectivity index (χ0v) is 13.1. The Morgan fingerprint density at radius 2 is 2.14 bits per heavy atom. The lowest BCUT2D eigenvalue weighted by molar-refractivity contribution is 0.0933. The summed E-state index contributed by atoms with van der Waals surface area (Å²) in [6.07, 6.45) is 5.62. The van der Waals surface area contributed by atoms with E-state index in [0.717, 1.165) is 23.0 Å². The summed E-state index contributed by atoms with van der Waals surface area (Å²) >= 11 is 3.40. The molecule has 1 aromatic heterocycles. The Hall–Kier alpha value is -1.66. The largest absolute Gasteiger partial charge is 0.348 e. The van der Waals surface area contributed by atoms with Crippen molar-refractivity contribution in [3.63, 3.8) is 0 Å². The van der Waals surface area contributed by atoms with Crippen LogP contribution in [0.2, 0.25) is 0 Å². The van der Waals surface area contributed by atoms with Crippen molar-refractivity contribution in [1.29, 1.82) is 0 Å². The maximum atomic E-state index is 12.2. The van der Waals surface area contributed by atoms with Gasteiger partial charge in [0.1, 0.15) is 0 Å². The normalized spacial score (nSPS) is 15.7. The standard InChI is InChI=1S/C15H17BrN4O/c16-12-3-5-13(6-4-12)20-9-11(8-18-20)15(21)19-14(7-17)10-1-2-10/h3-6,8-10,14H,1-2,7,17H2,(H,19,21). The molecule has 3 N–H and O–H groups in total. The van der Waals surface area contributed by atoms with E-state index in [1.807, 2.05) is 24.3 Å². The molecule has 0 aliphatic heterocycles. The average molecular weight is 349 g/mol. The molecule has 1 heterocycles. The van der Waals surface area contributed by atoms with Crippen LogP contribution in [0.3, 0.4) is 0 Å². The zero-order chi connectivity index (χ0) is 14.8. The van der Waals surface area contributed by atoms with Gasteiger partial charge in [-0.05, 0) is 43.0 Å². The molecule has 0 bridgehead atoms. The number of rotatable bonds is 5. The highest BCUT2D eigenvalue weighted by Crippen LogP contribution is 2.32. The van der Waals surface area contributed by atoms with E-state index in [1.165, 1.54) is 0 Å². The van der Waals surface area contributed by atoms with Crippen molar-refractivity contribution in [2.45, 2.75) is 18.9 Å². The number of carbonyl (C=O) groups is 1. The van der Waals surface area contributed by atoms with Gasteiger partial charge in [-0.1, -0.05) is 15.9 Å². The molecule has 2 aromatic rings. The Bertz CT molecular complexity index is 633. The van der Waals surface area contributed by atoms with E-state index in [2.05, 4.69) is 26.3 Å². The maximum Gasteiger partial charge on any atom is 0.254 e. The van der Waals surface area contributed by atoms with Crippen LogP contribution in [0.25, 0.3) is 5.69 Å². The minimum Gasteiger partial charge on any atom is -0.348 e. The number of halogens is 1. The van der Waals surface area contributed by atoms with Gasteiger partial charge in [-0.15, -0.1) is 0 Å². The molecule has 3 rings (SSSR count). The summed E-state index contributed by atoms with van der Waals surface area (Å²) in [7, 11) is 0. The van der Waals surface area contributed by atoms with Gasteiger partial charge in [0.15, 0.2) is 0 Å². The Balaban J connectivity index is 1.71. The number of benzene rings is 1. The SMILES string of the molecule is NCC(NC(=O)c1cnn(-c2ccc(Br)cc2)c1)C1CC1. The number of aromatic nitrogens is 2. The molecule has 0 saturated heterocycles. The molecule has 1 fully saturated rings. The van der Waals surface area contributed by atoms with Gasteiger partial charge in [-0.2, -0.15) is 5.10 Å². The molecular weight excluding hydrogens is 332 g/mol. The van der Waals surface area contributed by atoms with E-state index in [-0.39, 0.29) is 11.9 Å². The van der Waals surface area contributed by atoms with Crippen LogP contribution < -0.4 is 11.1 Å². The van der Waals surface area contributed by atoms with E-state index >= 15 is 0 Å². The van der Waals surface area contributed by atoms with Crippen LogP contribution in [0.5, 0.6) is 0 Å². The van der Waals surface area contributed by atoms with Crippen LogP contribution in [0.1, 0.15) is 23.2 Å². The number of hydrogen-bond acceptors (Lipinski definition) is 3. The van der Waals surface area contributed by atoms with Crippen molar-refractivity contribution in [3.8, 4) is 5.69 Å². The van der Waals surface area contributed by atoms with Gasteiger partial charge in [0.05, 0.1) is 17.4 Å². The third-order valence-corrected chi connectivity index (χ3v) is 4.23. The molecule has 1 unspecified atom stereocenters. The van der Waals surface area contributed by atoms with Crippen LogP contribution in [-0.2, 0) is 0 Å². The van der Waals surface area contributed by atoms with Crippen molar-refractivity contribution < 1.29 is 4.79 Å². The summed E-state index contributed by atoms with van der Waals surface area (Å²) in [4.78, 5) is 12.2. The quantitative estimate of drug-likeness (QED) is 0.868. The predicted octanol–water partition coefficient (Wildman–Crippen LogP) is 2.10. The van der Waals surface area contributed by atoms with Crippen molar-refractivity contribution in [1.82, 2.24) is 15.1 Å². The van der Waals surface area contributed by atoms with Gasteiger partial charge >= 0.3 is 0 Å². The molecule has 6 heteroatoms. The Morgan fingerprint density at radius 1 is 1.43 bits per heavy atom. The first-order valence-electron chi connectivity index (χ1n) is 6.99. The van der Waals surface area contributed by atoms with E-state index < -0.39 is 0 Å². The van der Waals surface area contributed by atoms with Gasteiger partial charge in [0.2, 0.25) is 0 Å². The third kappa shape index (κ3) is 3.33. The lowest BCUT2D eigenvalue weighted by atomic mass is 10.2. The monoisotopic (exact) mass is 348 g/mol. The molecular formula is C15H17BrN4O. The topological polar surface area (TPSA) is 72.9 Å². The molecule has 1 amide bonds. The van der Waals surface area contributed by atoms with Gasteiger partial charge in [-0.3, -0.25) is 4.79 Å². The van der Waals surface area contributed by atoms with Crippen LogP contribution in [-0.4, -0.2) is 28.3 Å². The summed E-state index contributed by atoms with van der Waals surface area (Å²) in [5.41, 5.74) is 7.18. The zero-order valence-electron chi connectivity index (χ0n) is 11.5. The van der Waals surface area contributed by atoms with Crippen molar-refractivity contribution >= 4 is 21.8 Å². The second-order valence-electron chi connectivity index (χ2n) is 5.30. The number of nitrogens with one attached hydrogen (secondary N) is 1. The maximum absolute atomic E-state index is 12.2. The second-order valence-corrected chi connectivity index (χ2v) is 6.22. The molecule has 1 aromatic carbocycles. The van der Waals surface area contributed by atoms with Gasteiger partial charge in [-0.25, -0.2) is 4.68 Å². The van der Waals surface area contributed by atoms with Crippen molar-refractivity contribution in [2.75, 3.05) is 6.54 Å². The molecule has 1 atom stereocenters. The van der Waals surface area contributed by atoms with Crippen molar-refractivity contribution in [2.24, 2.45) is 11.7 Å². The van der Waals surface area contributed by atoms with Crippen LogP contribution in [0, 0.1) is 5.92 Å². The van der Waals surface area contributed by atoms with E-state index in [1.54, 1.807) is 17.1 Å². The first kappa shape index (κ1) is 14.3. The molecule has 5 nitrogen and oxygen atoms in total. The Morgan fingerprint density at radius 3 is 2.76 bits per heavy atom. The number of nitrogens with two attached hydrogens (primary N) is 1. The van der Waals surface area contributed by atoms with Crippen LogP contribution in [0.4, 0.5) is 0 Å². The Labute approximate surface area is 131 Å². The van der Waals surface area contributed by atoms with Crippen LogP contribution in [0.15, 0.2) is 41.1 Å². The van der Waals surface area contributed by atoms with Gasteiger partial charge in [0.25, 0.3) is 5.91 Å². The number of hydrogen-bond donors (Lipinski definition) is 2. The lowest BCUT2D eigenvalue weighted by Gasteiger charge is -2.14. The fourth-order valence-corrected chi connectivity index (χ4v) is 2.56. The molecule has 110 valence electrons. The average Bonchev–Trinajstić information content (AvgIpc) is 3.21. The summed E-state index contributed by atoms with van der Waals surface area (Å²) in [6, 6.07) is 7.83. The van der Waals surface area contributed by atoms with E-state index in [4.69, 9.17) is 5.73 Å². The molecule has 0 spiro atoms. The highest BCUT2D eigenvalue weighted by molar-refractivity contribution is 9.10. The fraction of sp³-hybridized carbons (Fsp3) is 0.333. The predicted molar refractivity (Wildman–Crippen MR) is 84.3 cm³/mol. The molecule has 21 heavy (non-hydrogen) atoms. The number of nitrogens with zero attached hydrogens (tertiary/aromatic N) is 2. The molecule has 1 aliphatic carbocycles. The second kappa shape index (κ2) is 5.99. The summed E-state index contributed by atoms with van der Waals surface area (Å²) < 4.78 is 2.70. The van der Waals surface area contributed by atoms with Gasteiger partial charge < -0.3 is 11.1 Å². The lowest BCUT2D eigenvalue weighted by Crippen LogP contribution is -2.41. The summed E-state index contributed by atoms with van der Waals surface area (Å²) in [6.45, 7) is 0.483. The first-order chi connectivity index (χ1) is 10.2. The fourth-order valence-electron chi connectivity index (χ4n) is 2.29. The summed E-state index contributed by atoms with van der Waals surface area (Å²) in [5.74, 6) is 0.432. The van der Waals surface area contributed by atoms with Crippen LogP contribution >= 0.6 is 15.9 Å². The van der Waals surface area contributed by atoms with E-state index in [9.17, 15) is 4.79 Å². The highest BCUT2D eigenvalue weighted by atomic mass is 79.9. The molecule has 1 aliphatic rings. The van der Waals surface area contributed by atoms with Crippen molar-refractivity contribution in [3.05, 3.63) is 46.7 Å². The Kier molecular flexibility index (Phi) is 4.07. The minimum absolute atomic E-state index is 0.0773. The molecule has 0 radical (unpaired) electrons. The highest BCUT2D eigenvalue weighted by Gasteiger charge is 2.31. The third-order valence-electron chi connectivity index (χ3n) is 3.70. The van der Waals surface area contributed by atoms with E-state index in [0.29, 0.717) is 18.0 Å². The van der Waals surface area contributed by atoms with Gasteiger partial charge in [0, 0.05) is 23.3 Å². The minimum atomic E-state index is -0.110. The summed E-state index contributed by atoms with van der Waals surface area (Å²) in [5, 5.41) is 7.23. The number of amides is 1. The first-order valence-corrected chi connectivity index (χ1v) is 7.78. The number of carbonyl (C=O) groups excluding carboxylic acids is 1. The molecule has 1 saturated carbocycles.